The normalized spacial score (nSPS) is 17.9. The van der Waals surface area contributed by atoms with Crippen molar-refractivity contribution < 1.29 is 47.8 Å². The molecule has 1 aromatic heterocycles. The number of phosphoric acid groups is 1. The molecule has 0 spiro atoms. The van der Waals surface area contributed by atoms with Gasteiger partial charge < -0.3 is 34.5 Å². The van der Waals surface area contributed by atoms with Gasteiger partial charge in [0.1, 0.15) is 29.4 Å². The molecule has 0 radical (unpaired) electrons. The van der Waals surface area contributed by atoms with Crippen LogP contribution in [0.1, 0.15) is 38.9 Å². The maximum absolute atomic E-state index is 13.7. The van der Waals surface area contributed by atoms with E-state index in [1.54, 1.807) is 0 Å². The summed E-state index contributed by atoms with van der Waals surface area (Å²) in [6.45, 7) is 0.789. The molecule has 1 saturated heterocycles. The molecule has 3 aromatic rings. The van der Waals surface area contributed by atoms with Gasteiger partial charge in [0.25, 0.3) is 11.5 Å². The number of aromatic amines is 1. The number of carbonyl (C=O) groups excluding carboxylic acids is 1. The van der Waals surface area contributed by atoms with Gasteiger partial charge in [0.05, 0.1) is 18.2 Å². The number of aryl methyl sites for hydroxylation is 1. The molecule has 3 aliphatic rings. The minimum atomic E-state index is -4.96. The second-order valence-corrected chi connectivity index (χ2v) is 12.3. The Morgan fingerprint density at radius 1 is 1.06 bits per heavy atom. The van der Waals surface area contributed by atoms with Crippen LogP contribution in [0.4, 0.5) is 0 Å². The molecule has 0 saturated carbocycles. The van der Waals surface area contributed by atoms with E-state index >= 15 is 0 Å². The third-order valence-electron chi connectivity index (χ3n) is 7.87. The summed E-state index contributed by atoms with van der Waals surface area (Å²) in [4.78, 5) is 83.4. The largest absolute Gasteiger partial charge is 0.508 e. The standard InChI is InChI=1S/C31H26N3O13P/c1-14-12-34(31(41)33-28(14)37)26-11-22(25(47-26)13-45-48(42,43)44)32-29(38)15-2-5-18(30(39)40)21(8-15)27-19-6-3-16(35)9-23(19)46-24-10-17(36)4-7-20(24)27/h2-10,12,22,25-26,35H,11,13H2,1H3,(H,32,38)(H,39,40)(H,33,37,41)(H2,42,43,44)/t22-,25-,26-/m1/s1. The Morgan fingerprint density at radius 3 is 2.56 bits per heavy atom. The summed E-state index contributed by atoms with van der Waals surface area (Å²) >= 11 is 0. The lowest BCUT2D eigenvalue weighted by Gasteiger charge is -2.21. The first kappa shape index (κ1) is 32.6. The molecule has 17 heteroatoms. The van der Waals surface area contributed by atoms with Gasteiger partial charge in [0, 0.05) is 52.4 Å². The Morgan fingerprint density at radius 2 is 1.83 bits per heavy atom. The highest BCUT2D eigenvalue weighted by Crippen LogP contribution is 2.42. The van der Waals surface area contributed by atoms with Gasteiger partial charge in [-0.25, -0.2) is 14.2 Å². The number of rotatable bonds is 8. The SMILES string of the molecule is Cc1cn([C@H]2C[C@@H](NC(=O)c3ccc(C(=O)O)c(-c4c5ccc(=O)cc-5oc5cc(O)ccc45)c3)[C@@H](COP(=O)(O)O)O2)c(=O)[nH]c1=O. The fraction of sp³-hybridized carbons (Fsp3) is 0.194. The summed E-state index contributed by atoms with van der Waals surface area (Å²) in [5.74, 6) is -2.09. The smallest absolute Gasteiger partial charge is 0.469 e. The van der Waals surface area contributed by atoms with Crippen LogP contribution in [0.2, 0.25) is 0 Å². The van der Waals surface area contributed by atoms with Gasteiger partial charge in [-0.05, 0) is 55.0 Å². The summed E-state index contributed by atoms with van der Waals surface area (Å²) < 4.78 is 28.9. The zero-order chi connectivity index (χ0) is 34.5. The number of phenols is 1. The molecular weight excluding hydrogens is 653 g/mol. The Balaban J connectivity index is 1.41. The van der Waals surface area contributed by atoms with Gasteiger partial charge >= 0.3 is 19.5 Å². The van der Waals surface area contributed by atoms with Crippen molar-refractivity contribution in [3.8, 4) is 28.2 Å². The van der Waals surface area contributed by atoms with Crippen molar-refractivity contribution >= 4 is 30.7 Å². The quantitative estimate of drug-likeness (QED) is 0.102. The number of carboxylic acids is 1. The maximum Gasteiger partial charge on any atom is 0.469 e. The molecule has 48 heavy (non-hydrogen) atoms. The zero-order valence-electron chi connectivity index (χ0n) is 24.8. The van der Waals surface area contributed by atoms with E-state index in [4.69, 9.17) is 9.15 Å². The third kappa shape index (κ3) is 6.43. The Hall–Kier alpha value is -5.38. The number of benzene rings is 3. The summed E-state index contributed by atoms with van der Waals surface area (Å²) in [7, 11) is -4.96. The number of phenolic OH excluding ortho intramolecular Hbond substituents is 1. The van der Waals surface area contributed by atoms with E-state index in [0.717, 1.165) is 4.57 Å². The van der Waals surface area contributed by atoms with Crippen molar-refractivity contribution in [3.63, 3.8) is 0 Å². The van der Waals surface area contributed by atoms with E-state index < -0.39 is 55.9 Å². The minimum Gasteiger partial charge on any atom is -0.508 e. The molecule has 0 bridgehead atoms. The Bertz CT molecular complexity index is 2300. The molecule has 6 rings (SSSR count). The maximum atomic E-state index is 13.7. The van der Waals surface area contributed by atoms with E-state index in [1.807, 2.05) is 0 Å². The van der Waals surface area contributed by atoms with Crippen molar-refractivity contribution in [1.29, 1.82) is 0 Å². The van der Waals surface area contributed by atoms with E-state index in [9.17, 15) is 48.5 Å². The van der Waals surface area contributed by atoms with E-state index in [2.05, 4.69) is 14.8 Å². The Kier molecular flexibility index (Phi) is 8.37. The summed E-state index contributed by atoms with van der Waals surface area (Å²) in [6, 6.07) is 11.0. The molecule has 3 heterocycles. The average Bonchev–Trinajstić information content (AvgIpc) is 3.41. The number of carboxylic acid groups (broad SMARTS) is 1. The molecule has 248 valence electrons. The number of fused-ring (bicyclic) bond motifs is 2. The predicted octanol–water partition coefficient (Wildman–Crippen LogP) is 2.32. The first-order valence-corrected chi connectivity index (χ1v) is 15.8. The summed E-state index contributed by atoms with van der Waals surface area (Å²) in [5.41, 5.74) is -0.925. The van der Waals surface area contributed by atoms with E-state index in [0.29, 0.717) is 16.5 Å². The van der Waals surface area contributed by atoms with Crippen LogP contribution >= 0.6 is 7.82 Å². The lowest BCUT2D eigenvalue weighted by Crippen LogP contribution is -2.42. The van der Waals surface area contributed by atoms with Gasteiger partial charge in [0.2, 0.25) is 0 Å². The van der Waals surface area contributed by atoms with Crippen LogP contribution in [0.3, 0.4) is 0 Å². The number of nitrogens with zero attached hydrogens (tertiary/aromatic N) is 1. The molecule has 16 nitrogen and oxygen atoms in total. The number of H-pyrrole nitrogens is 1. The van der Waals surface area contributed by atoms with Crippen LogP contribution in [0.25, 0.3) is 33.4 Å². The highest BCUT2D eigenvalue weighted by molar-refractivity contribution is 7.46. The van der Waals surface area contributed by atoms with Gasteiger partial charge in [-0.1, -0.05) is 0 Å². The Labute approximate surface area is 268 Å². The van der Waals surface area contributed by atoms with Gasteiger partial charge in [-0.2, -0.15) is 0 Å². The number of phosphoric ester groups is 1. The molecular formula is C31H26N3O13P. The first-order chi connectivity index (χ1) is 22.7. The second kappa shape index (κ2) is 12.3. The van der Waals surface area contributed by atoms with Gasteiger partial charge in [-0.15, -0.1) is 0 Å². The van der Waals surface area contributed by atoms with E-state index in [-0.39, 0.29) is 51.2 Å². The first-order valence-electron chi connectivity index (χ1n) is 14.2. The monoisotopic (exact) mass is 679 g/mol. The topological polar surface area (TPSA) is 248 Å². The number of amides is 1. The molecule has 2 aliphatic heterocycles. The molecule has 1 fully saturated rings. The van der Waals surface area contributed by atoms with Crippen LogP contribution < -0.4 is 22.0 Å². The number of hydrogen-bond donors (Lipinski definition) is 6. The van der Waals surface area contributed by atoms with Crippen molar-refractivity contribution in [2.24, 2.45) is 0 Å². The molecule has 1 aliphatic carbocycles. The van der Waals surface area contributed by atoms with Crippen LogP contribution in [0.5, 0.6) is 5.75 Å². The second-order valence-electron chi connectivity index (χ2n) is 11.1. The fourth-order valence-corrected chi connectivity index (χ4v) is 6.00. The summed E-state index contributed by atoms with van der Waals surface area (Å²) in [6.07, 6.45) is -1.06. The lowest BCUT2D eigenvalue weighted by molar-refractivity contribution is -0.0283. The molecule has 2 aromatic carbocycles. The van der Waals surface area contributed by atoms with E-state index in [1.165, 1.54) is 67.7 Å². The summed E-state index contributed by atoms with van der Waals surface area (Å²) in [5, 5.41) is 23.3. The van der Waals surface area contributed by atoms with Gasteiger partial charge in [0.15, 0.2) is 5.43 Å². The number of nitrogens with one attached hydrogen (secondary N) is 2. The number of aromatic carboxylic acids is 1. The number of ether oxygens (including phenoxy) is 1. The molecule has 1 amide bonds. The highest BCUT2D eigenvalue weighted by atomic mass is 31.2. The lowest BCUT2D eigenvalue weighted by atomic mass is 9.89. The average molecular weight is 680 g/mol. The molecule has 3 atom stereocenters. The van der Waals surface area contributed by atoms with Crippen LogP contribution in [-0.4, -0.2) is 60.2 Å². The number of aromatic hydroxyl groups is 1. The van der Waals surface area contributed by atoms with Crippen molar-refractivity contribution in [1.82, 2.24) is 14.9 Å². The van der Waals surface area contributed by atoms with Crippen molar-refractivity contribution in [3.05, 3.63) is 109 Å². The molecule has 6 N–H and O–H groups in total. The van der Waals surface area contributed by atoms with Crippen molar-refractivity contribution in [2.75, 3.05) is 6.61 Å². The number of aromatic nitrogens is 2. The fourth-order valence-electron chi connectivity index (χ4n) is 5.66. The van der Waals surface area contributed by atoms with Crippen LogP contribution in [0, 0.1) is 6.92 Å². The van der Waals surface area contributed by atoms with Crippen molar-refractivity contribution in [2.45, 2.75) is 31.7 Å². The third-order valence-corrected chi connectivity index (χ3v) is 8.36. The predicted molar refractivity (Wildman–Crippen MR) is 167 cm³/mol. The molecule has 0 unspecified atom stereocenters. The highest BCUT2D eigenvalue weighted by Gasteiger charge is 2.39. The van der Waals surface area contributed by atoms with Crippen LogP contribution in [-0.2, 0) is 13.8 Å². The minimum absolute atomic E-state index is 0.0218. The van der Waals surface area contributed by atoms with Gasteiger partial charge in [-0.3, -0.25) is 28.5 Å². The number of carbonyl (C=O) groups is 2. The van der Waals surface area contributed by atoms with Crippen LogP contribution in [0.15, 0.2) is 79.6 Å². The number of hydrogen-bond acceptors (Lipinski definition) is 10. The zero-order valence-corrected chi connectivity index (χ0v) is 25.7.